The summed E-state index contributed by atoms with van der Waals surface area (Å²) in [5.74, 6) is 0. The monoisotopic (exact) mass is 627 g/mol. The van der Waals surface area contributed by atoms with Crippen LogP contribution in [-0.4, -0.2) is 0 Å². The second-order valence-corrected chi connectivity index (χ2v) is 13.6. The molecule has 0 saturated heterocycles. The van der Waals surface area contributed by atoms with Gasteiger partial charge in [0.2, 0.25) is 0 Å². The largest absolute Gasteiger partial charge is 0.310 e. The summed E-state index contributed by atoms with van der Waals surface area (Å²) in [6, 6.07) is 64.4. The number of thiophene rings is 1. The third kappa shape index (κ3) is 4.24. The average Bonchev–Trinajstić information content (AvgIpc) is 3.69. The van der Waals surface area contributed by atoms with Crippen molar-refractivity contribution in [1.29, 1.82) is 0 Å². The first-order valence-corrected chi connectivity index (χ1v) is 17.2. The van der Waals surface area contributed by atoms with Gasteiger partial charge in [-0.25, -0.2) is 0 Å². The fourth-order valence-electron chi connectivity index (χ4n) is 7.58. The number of hydrogen-bond acceptors (Lipinski definition) is 2. The van der Waals surface area contributed by atoms with Gasteiger partial charge in [-0.05, 0) is 104 Å². The molecule has 224 valence electrons. The SMILES string of the molecule is c1ccc(-c2ccc(N(c3ccc(-c4ccc5c6c(cccc46)-c4ccccc4-5)cc3)c3ccc4sc5ccccc5c4c3)cc2)cc1. The Bertz CT molecular complexity index is 2620. The highest BCUT2D eigenvalue weighted by molar-refractivity contribution is 7.25. The van der Waals surface area contributed by atoms with E-state index in [1.165, 1.54) is 75.5 Å². The topological polar surface area (TPSA) is 3.24 Å². The molecule has 0 fully saturated rings. The van der Waals surface area contributed by atoms with Crippen LogP contribution in [0.4, 0.5) is 17.1 Å². The molecule has 2 heteroatoms. The Hall–Kier alpha value is -5.96. The molecule has 48 heavy (non-hydrogen) atoms. The van der Waals surface area contributed by atoms with E-state index in [0.717, 1.165) is 17.1 Å². The summed E-state index contributed by atoms with van der Waals surface area (Å²) in [4.78, 5) is 2.38. The lowest BCUT2D eigenvalue weighted by Crippen LogP contribution is -2.09. The van der Waals surface area contributed by atoms with Gasteiger partial charge in [-0.1, -0.05) is 127 Å². The molecule has 9 aromatic rings. The minimum absolute atomic E-state index is 1.13. The highest BCUT2D eigenvalue weighted by Crippen LogP contribution is 2.49. The first-order valence-electron chi connectivity index (χ1n) is 16.4. The Morgan fingerprint density at radius 1 is 0.312 bits per heavy atom. The van der Waals surface area contributed by atoms with Crippen molar-refractivity contribution in [3.63, 3.8) is 0 Å². The summed E-state index contributed by atoms with van der Waals surface area (Å²) < 4.78 is 2.63. The Kier molecular flexibility index (Phi) is 6.12. The number of hydrogen-bond donors (Lipinski definition) is 0. The number of anilines is 3. The van der Waals surface area contributed by atoms with Gasteiger partial charge in [0.25, 0.3) is 0 Å². The maximum atomic E-state index is 2.38. The Labute approximate surface area is 283 Å². The third-order valence-electron chi connectivity index (χ3n) is 9.84. The van der Waals surface area contributed by atoms with Crippen molar-refractivity contribution in [2.45, 2.75) is 0 Å². The van der Waals surface area contributed by atoms with Crippen LogP contribution in [0.1, 0.15) is 0 Å². The second-order valence-electron chi connectivity index (χ2n) is 12.5. The average molecular weight is 628 g/mol. The molecule has 0 bridgehead atoms. The zero-order valence-corrected chi connectivity index (χ0v) is 26.9. The van der Waals surface area contributed by atoms with Crippen LogP contribution < -0.4 is 4.90 Å². The first kappa shape index (κ1) is 27.2. The molecule has 1 aromatic heterocycles. The zero-order chi connectivity index (χ0) is 31.6. The third-order valence-corrected chi connectivity index (χ3v) is 11.0. The summed E-state index contributed by atoms with van der Waals surface area (Å²) in [5, 5.41) is 5.27. The Balaban J connectivity index is 1.10. The lowest BCUT2D eigenvalue weighted by Gasteiger charge is -2.26. The van der Waals surface area contributed by atoms with E-state index in [1.807, 2.05) is 11.3 Å². The lowest BCUT2D eigenvalue weighted by molar-refractivity contribution is 1.29. The predicted octanol–water partition coefficient (Wildman–Crippen LogP) is 13.7. The minimum atomic E-state index is 1.13. The number of rotatable bonds is 5. The quantitative estimate of drug-likeness (QED) is 0.183. The molecular formula is C46H29NS. The van der Waals surface area contributed by atoms with Gasteiger partial charge in [-0.15, -0.1) is 11.3 Å². The second kappa shape index (κ2) is 10.8. The number of nitrogens with zero attached hydrogens (tertiary/aromatic N) is 1. The van der Waals surface area contributed by atoms with Gasteiger partial charge in [0, 0.05) is 37.2 Å². The van der Waals surface area contributed by atoms with Crippen molar-refractivity contribution in [2.24, 2.45) is 0 Å². The molecule has 1 aliphatic carbocycles. The van der Waals surface area contributed by atoms with Gasteiger partial charge in [0.1, 0.15) is 0 Å². The van der Waals surface area contributed by atoms with Crippen LogP contribution in [0.3, 0.4) is 0 Å². The van der Waals surface area contributed by atoms with Gasteiger partial charge in [-0.2, -0.15) is 0 Å². The van der Waals surface area contributed by atoms with E-state index < -0.39 is 0 Å². The van der Waals surface area contributed by atoms with Crippen molar-refractivity contribution in [3.05, 3.63) is 176 Å². The van der Waals surface area contributed by atoms with E-state index in [2.05, 4.69) is 181 Å². The molecule has 0 radical (unpaired) electrons. The van der Waals surface area contributed by atoms with Crippen LogP contribution in [0.2, 0.25) is 0 Å². The molecule has 0 spiro atoms. The van der Waals surface area contributed by atoms with E-state index in [1.54, 1.807) is 0 Å². The molecular weight excluding hydrogens is 599 g/mol. The highest BCUT2D eigenvalue weighted by Gasteiger charge is 2.22. The lowest BCUT2D eigenvalue weighted by atomic mass is 9.94. The fourth-order valence-corrected chi connectivity index (χ4v) is 8.67. The Morgan fingerprint density at radius 2 is 0.854 bits per heavy atom. The van der Waals surface area contributed by atoms with Crippen LogP contribution >= 0.6 is 11.3 Å². The summed E-state index contributed by atoms with van der Waals surface area (Å²) in [5.41, 5.74) is 13.6. The van der Waals surface area contributed by atoms with E-state index in [-0.39, 0.29) is 0 Å². The van der Waals surface area contributed by atoms with Crippen molar-refractivity contribution in [3.8, 4) is 44.5 Å². The van der Waals surface area contributed by atoms with Crippen LogP contribution in [0.25, 0.3) is 75.5 Å². The fraction of sp³-hybridized carbons (Fsp3) is 0. The molecule has 10 rings (SSSR count). The molecule has 0 saturated carbocycles. The van der Waals surface area contributed by atoms with Gasteiger partial charge < -0.3 is 4.90 Å². The van der Waals surface area contributed by atoms with Crippen LogP contribution in [0.5, 0.6) is 0 Å². The van der Waals surface area contributed by atoms with Crippen molar-refractivity contribution in [2.75, 3.05) is 4.90 Å². The van der Waals surface area contributed by atoms with E-state index in [4.69, 9.17) is 0 Å². The smallest absolute Gasteiger partial charge is 0.0468 e. The highest BCUT2D eigenvalue weighted by atomic mass is 32.1. The molecule has 8 aromatic carbocycles. The van der Waals surface area contributed by atoms with Gasteiger partial charge in [0.15, 0.2) is 0 Å². The van der Waals surface area contributed by atoms with Gasteiger partial charge >= 0.3 is 0 Å². The van der Waals surface area contributed by atoms with Gasteiger partial charge in [0.05, 0.1) is 0 Å². The molecule has 0 amide bonds. The molecule has 0 N–H and O–H groups in total. The normalized spacial score (nSPS) is 11.8. The van der Waals surface area contributed by atoms with Crippen LogP contribution in [0, 0.1) is 0 Å². The molecule has 0 aliphatic heterocycles. The predicted molar refractivity (Wildman–Crippen MR) is 207 cm³/mol. The van der Waals surface area contributed by atoms with Crippen molar-refractivity contribution in [1.82, 2.24) is 0 Å². The van der Waals surface area contributed by atoms with Gasteiger partial charge in [-0.3, -0.25) is 0 Å². The zero-order valence-electron chi connectivity index (χ0n) is 26.1. The standard InChI is InChI=1S/C46H29NS/c1-2-9-30(10-3-1)31-17-21-33(22-18-31)47(35-25-28-45-43(29-35)39-13-6-7-16-44(39)48-45)34-23-19-32(20-24-34)36-26-27-42-38-12-5-4-11-37(38)41-15-8-14-40(36)46(41)42/h1-29H. The van der Waals surface area contributed by atoms with Crippen LogP contribution in [0.15, 0.2) is 176 Å². The summed E-state index contributed by atoms with van der Waals surface area (Å²) in [6.45, 7) is 0. The van der Waals surface area contributed by atoms with E-state index in [9.17, 15) is 0 Å². The maximum Gasteiger partial charge on any atom is 0.0468 e. The molecule has 1 nitrogen and oxygen atoms in total. The summed E-state index contributed by atoms with van der Waals surface area (Å²) >= 11 is 1.86. The minimum Gasteiger partial charge on any atom is -0.310 e. The Morgan fingerprint density at radius 3 is 1.62 bits per heavy atom. The molecule has 1 aliphatic rings. The molecule has 0 unspecified atom stereocenters. The molecule has 0 atom stereocenters. The van der Waals surface area contributed by atoms with Crippen molar-refractivity contribution < 1.29 is 0 Å². The van der Waals surface area contributed by atoms with Crippen molar-refractivity contribution >= 4 is 59.3 Å². The first-order chi connectivity index (χ1) is 23.8. The number of benzene rings is 8. The summed E-state index contributed by atoms with van der Waals surface area (Å²) in [7, 11) is 0. The maximum absolute atomic E-state index is 2.38. The van der Waals surface area contributed by atoms with E-state index >= 15 is 0 Å². The molecule has 1 heterocycles. The number of fused-ring (bicyclic) bond motifs is 6. The van der Waals surface area contributed by atoms with Crippen LogP contribution in [-0.2, 0) is 0 Å². The summed E-state index contributed by atoms with van der Waals surface area (Å²) in [6.07, 6.45) is 0. The van der Waals surface area contributed by atoms with E-state index in [0.29, 0.717) is 0 Å².